The number of morpholine rings is 1. The molecule has 1 aliphatic heterocycles. The molecular weight excluding hydrogens is 270 g/mol. The van der Waals surface area contributed by atoms with E-state index in [1.807, 2.05) is 11.3 Å². The maximum Gasteiger partial charge on any atom is 0.185 e. The van der Waals surface area contributed by atoms with Crippen LogP contribution in [0.3, 0.4) is 0 Å². The van der Waals surface area contributed by atoms with E-state index in [-0.39, 0.29) is 5.54 Å². The van der Waals surface area contributed by atoms with Crippen molar-refractivity contribution < 1.29 is 4.74 Å². The molecule has 1 aliphatic rings. The van der Waals surface area contributed by atoms with Gasteiger partial charge in [0.1, 0.15) is 0 Å². The van der Waals surface area contributed by atoms with Crippen molar-refractivity contribution in [3.05, 3.63) is 10.6 Å². The molecule has 0 bridgehead atoms. The van der Waals surface area contributed by atoms with Crippen molar-refractivity contribution in [1.29, 1.82) is 0 Å². The summed E-state index contributed by atoms with van der Waals surface area (Å²) in [6.45, 7) is 14.5. The largest absolute Gasteiger partial charge is 0.375 e. The molecule has 5 heteroatoms. The summed E-state index contributed by atoms with van der Waals surface area (Å²) in [7, 11) is 0. The Balaban J connectivity index is 2.09. The van der Waals surface area contributed by atoms with E-state index >= 15 is 0 Å². The predicted octanol–water partition coefficient (Wildman–Crippen LogP) is 2.82. The summed E-state index contributed by atoms with van der Waals surface area (Å²) >= 11 is 1.83. The van der Waals surface area contributed by atoms with E-state index in [0.717, 1.165) is 37.8 Å². The van der Waals surface area contributed by atoms with Gasteiger partial charge in [-0.15, -0.1) is 11.3 Å². The molecule has 1 saturated heterocycles. The number of rotatable bonds is 4. The maximum atomic E-state index is 5.61. The summed E-state index contributed by atoms with van der Waals surface area (Å²) in [5, 5.41) is 4.72. The molecule has 114 valence electrons. The Morgan fingerprint density at radius 2 is 2.20 bits per heavy atom. The Bertz CT molecular complexity index is 439. The van der Waals surface area contributed by atoms with Gasteiger partial charge in [0.05, 0.1) is 18.4 Å². The zero-order chi connectivity index (χ0) is 14.8. The Kier molecular flexibility index (Phi) is 5.04. The van der Waals surface area contributed by atoms with Crippen molar-refractivity contribution in [1.82, 2.24) is 10.3 Å². The number of thiazole rings is 1. The third-order valence-electron chi connectivity index (χ3n) is 3.39. The minimum absolute atomic E-state index is 0.142. The Morgan fingerprint density at radius 1 is 1.45 bits per heavy atom. The highest BCUT2D eigenvalue weighted by molar-refractivity contribution is 7.15. The Labute approximate surface area is 126 Å². The number of aromatic nitrogens is 1. The average molecular weight is 297 g/mol. The number of aryl methyl sites for hydroxylation is 1. The SMILES string of the molecule is CCc1nc(N2CCOC(C)C2)sc1CNC(C)(C)C. The summed E-state index contributed by atoms with van der Waals surface area (Å²) < 4.78 is 5.61. The Morgan fingerprint density at radius 3 is 2.80 bits per heavy atom. The summed E-state index contributed by atoms with van der Waals surface area (Å²) in [5.74, 6) is 0. The topological polar surface area (TPSA) is 37.4 Å². The van der Waals surface area contributed by atoms with Crippen LogP contribution in [0.25, 0.3) is 0 Å². The third-order valence-corrected chi connectivity index (χ3v) is 4.55. The average Bonchev–Trinajstić information content (AvgIpc) is 2.79. The molecule has 1 unspecified atom stereocenters. The second-order valence-electron chi connectivity index (χ2n) is 6.45. The van der Waals surface area contributed by atoms with Crippen LogP contribution in [0.1, 0.15) is 45.2 Å². The number of hydrogen-bond acceptors (Lipinski definition) is 5. The third kappa shape index (κ3) is 4.17. The highest BCUT2D eigenvalue weighted by atomic mass is 32.1. The molecule has 4 nitrogen and oxygen atoms in total. The lowest BCUT2D eigenvalue weighted by Crippen LogP contribution is -2.41. The van der Waals surface area contributed by atoms with Crippen molar-refractivity contribution in [2.45, 2.75) is 59.2 Å². The second-order valence-corrected chi connectivity index (χ2v) is 7.51. The highest BCUT2D eigenvalue weighted by Crippen LogP contribution is 2.28. The highest BCUT2D eigenvalue weighted by Gasteiger charge is 2.21. The minimum Gasteiger partial charge on any atom is -0.375 e. The number of hydrogen-bond donors (Lipinski definition) is 1. The molecule has 1 fully saturated rings. The molecule has 0 radical (unpaired) electrons. The van der Waals surface area contributed by atoms with Crippen LogP contribution >= 0.6 is 11.3 Å². The van der Waals surface area contributed by atoms with Crippen LogP contribution in [0, 0.1) is 0 Å². The standard InChI is InChI=1S/C15H27N3OS/c1-6-12-13(9-16-15(3,4)5)20-14(17-12)18-7-8-19-11(2)10-18/h11,16H,6-10H2,1-5H3. The molecule has 20 heavy (non-hydrogen) atoms. The first kappa shape index (κ1) is 15.7. The molecule has 0 amide bonds. The first-order chi connectivity index (χ1) is 9.39. The first-order valence-electron chi connectivity index (χ1n) is 7.49. The summed E-state index contributed by atoms with van der Waals surface area (Å²) in [6.07, 6.45) is 1.30. The minimum atomic E-state index is 0.142. The van der Waals surface area contributed by atoms with Crippen molar-refractivity contribution in [3.63, 3.8) is 0 Å². The number of ether oxygens (including phenoxy) is 1. The zero-order valence-electron chi connectivity index (χ0n) is 13.3. The van der Waals surface area contributed by atoms with Gasteiger partial charge in [-0.25, -0.2) is 4.98 Å². The molecule has 1 N–H and O–H groups in total. The van der Waals surface area contributed by atoms with E-state index in [0.29, 0.717) is 6.10 Å². The van der Waals surface area contributed by atoms with Crippen LogP contribution in [0.5, 0.6) is 0 Å². The van der Waals surface area contributed by atoms with Gasteiger partial charge < -0.3 is 15.0 Å². The molecule has 1 aromatic heterocycles. The lowest BCUT2D eigenvalue weighted by atomic mass is 10.1. The smallest absolute Gasteiger partial charge is 0.185 e. The fourth-order valence-electron chi connectivity index (χ4n) is 2.26. The van der Waals surface area contributed by atoms with Crippen molar-refractivity contribution >= 4 is 16.5 Å². The van der Waals surface area contributed by atoms with Gasteiger partial charge in [-0.3, -0.25) is 0 Å². The molecule has 2 rings (SSSR count). The van der Waals surface area contributed by atoms with E-state index in [1.54, 1.807) is 0 Å². The van der Waals surface area contributed by atoms with Crippen LogP contribution in [-0.2, 0) is 17.7 Å². The monoisotopic (exact) mass is 297 g/mol. The second kappa shape index (κ2) is 6.41. The summed E-state index contributed by atoms with van der Waals surface area (Å²) in [4.78, 5) is 8.57. The van der Waals surface area contributed by atoms with Gasteiger partial charge >= 0.3 is 0 Å². The van der Waals surface area contributed by atoms with Crippen LogP contribution in [0.2, 0.25) is 0 Å². The molecule has 1 aromatic rings. The van der Waals surface area contributed by atoms with E-state index in [4.69, 9.17) is 9.72 Å². The first-order valence-corrected chi connectivity index (χ1v) is 8.31. The summed E-state index contributed by atoms with van der Waals surface area (Å²) in [6, 6.07) is 0. The van der Waals surface area contributed by atoms with E-state index in [9.17, 15) is 0 Å². The van der Waals surface area contributed by atoms with Crippen LogP contribution < -0.4 is 10.2 Å². The van der Waals surface area contributed by atoms with Gasteiger partial charge in [0, 0.05) is 30.1 Å². The number of anilines is 1. The maximum absolute atomic E-state index is 5.61. The van der Waals surface area contributed by atoms with Gasteiger partial charge in [0.2, 0.25) is 0 Å². The van der Waals surface area contributed by atoms with Gasteiger partial charge in [-0.2, -0.15) is 0 Å². The quantitative estimate of drug-likeness (QED) is 0.927. The molecule has 2 heterocycles. The molecule has 0 saturated carbocycles. The molecule has 0 aromatic carbocycles. The normalized spacial score (nSPS) is 20.4. The van der Waals surface area contributed by atoms with Crippen LogP contribution in [0.15, 0.2) is 0 Å². The van der Waals surface area contributed by atoms with Gasteiger partial charge in [-0.05, 0) is 34.1 Å². The zero-order valence-corrected chi connectivity index (χ0v) is 14.1. The predicted molar refractivity (Wildman–Crippen MR) is 85.7 cm³/mol. The van der Waals surface area contributed by atoms with E-state index in [2.05, 4.69) is 44.8 Å². The lowest BCUT2D eigenvalue weighted by molar-refractivity contribution is 0.0532. The van der Waals surface area contributed by atoms with Gasteiger partial charge in [0.15, 0.2) is 5.13 Å². The van der Waals surface area contributed by atoms with E-state index in [1.165, 1.54) is 10.6 Å². The fraction of sp³-hybridized carbons (Fsp3) is 0.800. The number of nitrogens with one attached hydrogen (secondary N) is 1. The van der Waals surface area contributed by atoms with Crippen molar-refractivity contribution in [2.24, 2.45) is 0 Å². The van der Waals surface area contributed by atoms with Gasteiger partial charge in [-0.1, -0.05) is 6.92 Å². The summed E-state index contributed by atoms with van der Waals surface area (Å²) in [5.41, 5.74) is 1.38. The number of nitrogens with zero attached hydrogens (tertiary/aromatic N) is 2. The van der Waals surface area contributed by atoms with Crippen LogP contribution in [-0.4, -0.2) is 36.3 Å². The van der Waals surface area contributed by atoms with E-state index < -0.39 is 0 Å². The molecular formula is C15H27N3OS. The Hall–Kier alpha value is -0.650. The molecule has 1 atom stereocenters. The van der Waals surface area contributed by atoms with Crippen LogP contribution in [0.4, 0.5) is 5.13 Å². The van der Waals surface area contributed by atoms with Gasteiger partial charge in [0.25, 0.3) is 0 Å². The molecule has 0 aliphatic carbocycles. The molecule has 0 spiro atoms. The fourth-order valence-corrected chi connectivity index (χ4v) is 3.38. The van der Waals surface area contributed by atoms with Crippen molar-refractivity contribution in [2.75, 3.05) is 24.6 Å². The van der Waals surface area contributed by atoms with Crippen molar-refractivity contribution in [3.8, 4) is 0 Å². The lowest BCUT2D eigenvalue weighted by Gasteiger charge is -2.30.